The van der Waals surface area contributed by atoms with Gasteiger partial charge in [-0.2, -0.15) is 0 Å². The van der Waals surface area contributed by atoms with Crippen LogP contribution in [0.1, 0.15) is 31.6 Å². The van der Waals surface area contributed by atoms with Gasteiger partial charge in [-0.15, -0.1) is 10.2 Å². The van der Waals surface area contributed by atoms with Crippen LogP contribution in [0.5, 0.6) is 0 Å². The third-order valence-electron chi connectivity index (χ3n) is 5.20. The van der Waals surface area contributed by atoms with Gasteiger partial charge in [-0.3, -0.25) is 9.69 Å². The van der Waals surface area contributed by atoms with Crippen LogP contribution in [0.25, 0.3) is 11.5 Å². The predicted octanol–water partition coefficient (Wildman–Crippen LogP) is 2.57. The quantitative estimate of drug-likeness (QED) is 0.856. The van der Waals surface area contributed by atoms with Crippen LogP contribution in [0.2, 0.25) is 0 Å². The topological polar surface area (TPSA) is 62.5 Å². The number of piperidine rings is 1. The Balaban J connectivity index is 1.30. The molecule has 25 heavy (non-hydrogen) atoms. The van der Waals surface area contributed by atoms with Crippen molar-refractivity contribution in [2.45, 2.75) is 32.2 Å². The lowest BCUT2D eigenvalue weighted by atomic mass is 9.95. The molecule has 0 spiro atoms. The van der Waals surface area contributed by atoms with Gasteiger partial charge in [0.25, 0.3) is 0 Å². The van der Waals surface area contributed by atoms with Crippen LogP contribution < -0.4 is 0 Å². The number of amides is 1. The largest absolute Gasteiger partial charge is 0.419 e. The Bertz CT molecular complexity index is 701. The number of likely N-dealkylation sites (tertiary alicyclic amines) is 2. The summed E-state index contributed by atoms with van der Waals surface area (Å²) in [6.45, 7) is 4.37. The van der Waals surface area contributed by atoms with Gasteiger partial charge in [0.2, 0.25) is 17.7 Å². The minimum Gasteiger partial charge on any atom is -0.419 e. The molecule has 1 amide bonds. The molecule has 0 radical (unpaired) electrons. The molecule has 1 aromatic carbocycles. The molecule has 0 saturated carbocycles. The highest BCUT2D eigenvalue weighted by molar-refractivity contribution is 5.79. The normalized spacial score (nSPS) is 19.4. The molecule has 3 heterocycles. The zero-order valence-electron chi connectivity index (χ0n) is 14.4. The van der Waals surface area contributed by atoms with Gasteiger partial charge >= 0.3 is 0 Å². The highest BCUT2D eigenvalue weighted by Crippen LogP contribution is 2.24. The molecular formula is C19H24N4O2. The van der Waals surface area contributed by atoms with E-state index in [1.54, 1.807) is 0 Å². The van der Waals surface area contributed by atoms with Crippen LogP contribution in [0.3, 0.4) is 0 Å². The lowest BCUT2D eigenvalue weighted by Crippen LogP contribution is -2.41. The third kappa shape index (κ3) is 3.74. The first kappa shape index (κ1) is 16.3. The van der Waals surface area contributed by atoms with E-state index in [1.807, 2.05) is 35.2 Å². The summed E-state index contributed by atoms with van der Waals surface area (Å²) in [6.07, 6.45) is 4.17. The van der Waals surface area contributed by atoms with Crippen molar-refractivity contribution < 1.29 is 9.21 Å². The molecule has 0 unspecified atom stereocenters. The van der Waals surface area contributed by atoms with Crippen molar-refractivity contribution in [2.75, 3.05) is 26.2 Å². The zero-order valence-corrected chi connectivity index (χ0v) is 14.4. The number of rotatable bonds is 4. The second-order valence-electron chi connectivity index (χ2n) is 6.95. The second-order valence-corrected chi connectivity index (χ2v) is 6.95. The molecule has 132 valence electrons. The van der Waals surface area contributed by atoms with E-state index in [4.69, 9.17) is 4.42 Å². The summed E-state index contributed by atoms with van der Waals surface area (Å²) in [7, 11) is 0. The molecule has 0 aliphatic carbocycles. The summed E-state index contributed by atoms with van der Waals surface area (Å²) in [5.74, 6) is 1.76. The van der Waals surface area contributed by atoms with Crippen molar-refractivity contribution in [1.82, 2.24) is 20.0 Å². The Hall–Kier alpha value is -2.21. The highest BCUT2D eigenvalue weighted by atomic mass is 16.4. The smallest absolute Gasteiger partial charge is 0.247 e. The fourth-order valence-corrected chi connectivity index (χ4v) is 3.74. The molecule has 6 heteroatoms. The summed E-state index contributed by atoms with van der Waals surface area (Å²) in [5, 5.41) is 8.31. The maximum Gasteiger partial charge on any atom is 0.247 e. The molecule has 2 aromatic rings. The van der Waals surface area contributed by atoms with Crippen molar-refractivity contribution in [1.29, 1.82) is 0 Å². The summed E-state index contributed by atoms with van der Waals surface area (Å²) >= 11 is 0. The first-order valence-corrected chi connectivity index (χ1v) is 9.18. The molecule has 6 nitrogen and oxygen atoms in total. The van der Waals surface area contributed by atoms with E-state index in [0.717, 1.165) is 57.4 Å². The molecule has 0 N–H and O–H groups in total. The first-order valence-electron chi connectivity index (χ1n) is 9.18. The van der Waals surface area contributed by atoms with Gasteiger partial charge in [-0.25, -0.2) is 0 Å². The average molecular weight is 340 g/mol. The molecule has 2 fully saturated rings. The van der Waals surface area contributed by atoms with Crippen molar-refractivity contribution in [3.63, 3.8) is 0 Å². The van der Waals surface area contributed by atoms with Gasteiger partial charge in [0.05, 0.1) is 6.54 Å². The van der Waals surface area contributed by atoms with E-state index in [9.17, 15) is 4.79 Å². The van der Waals surface area contributed by atoms with Gasteiger partial charge in [0, 0.05) is 24.6 Å². The Morgan fingerprint density at radius 2 is 1.76 bits per heavy atom. The van der Waals surface area contributed by atoms with E-state index < -0.39 is 0 Å². The highest BCUT2D eigenvalue weighted by Gasteiger charge is 2.30. The number of hydrogen-bond donors (Lipinski definition) is 0. The number of carbonyl (C=O) groups is 1. The standard InChI is InChI=1S/C19H24N4O2/c24-19(23-10-4-5-11-23)16-8-12-22(13-9-16)14-17-20-21-18(25-17)15-6-2-1-3-7-15/h1-3,6-7,16H,4-5,8-14H2. The number of aromatic nitrogens is 2. The van der Waals surface area contributed by atoms with E-state index in [1.165, 1.54) is 0 Å². The number of hydrogen-bond acceptors (Lipinski definition) is 5. The minimum atomic E-state index is 0.192. The predicted molar refractivity (Wildman–Crippen MR) is 93.5 cm³/mol. The van der Waals surface area contributed by atoms with Crippen molar-refractivity contribution in [3.8, 4) is 11.5 Å². The molecule has 2 saturated heterocycles. The van der Waals surface area contributed by atoms with Crippen LogP contribution in [0, 0.1) is 5.92 Å². The van der Waals surface area contributed by atoms with Crippen molar-refractivity contribution in [3.05, 3.63) is 36.2 Å². The number of nitrogens with zero attached hydrogens (tertiary/aromatic N) is 4. The SMILES string of the molecule is O=C(C1CCN(Cc2nnc(-c3ccccc3)o2)CC1)N1CCCC1. The van der Waals surface area contributed by atoms with E-state index >= 15 is 0 Å². The van der Waals surface area contributed by atoms with Gasteiger partial charge in [-0.1, -0.05) is 18.2 Å². The van der Waals surface area contributed by atoms with Gasteiger partial charge in [0.15, 0.2) is 0 Å². The fraction of sp³-hybridized carbons (Fsp3) is 0.526. The summed E-state index contributed by atoms with van der Waals surface area (Å²) in [5.41, 5.74) is 0.941. The van der Waals surface area contributed by atoms with Crippen LogP contribution in [-0.2, 0) is 11.3 Å². The summed E-state index contributed by atoms with van der Waals surface area (Å²) in [6, 6.07) is 9.82. The summed E-state index contributed by atoms with van der Waals surface area (Å²) in [4.78, 5) is 16.8. The zero-order chi connectivity index (χ0) is 17.1. The molecule has 2 aliphatic rings. The van der Waals surface area contributed by atoms with Gasteiger partial charge in [0.1, 0.15) is 0 Å². The molecular weight excluding hydrogens is 316 g/mol. The minimum absolute atomic E-state index is 0.192. The molecule has 1 aromatic heterocycles. The molecule has 0 bridgehead atoms. The Kier molecular flexibility index (Phi) is 4.78. The molecule has 4 rings (SSSR count). The second kappa shape index (κ2) is 7.35. The Morgan fingerprint density at radius 3 is 2.48 bits per heavy atom. The van der Waals surface area contributed by atoms with Crippen LogP contribution in [-0.4, -0.2) is 52.1 Å². The first-order chi connectivity index (χ1) is 12.3. The lowest BCUT2D eigenvalue weighted by Gasteiger charge is -2.32. The third-order valence-corrected chi connectivity index (χ3v) is 5.20. The number of carbonyl (C=O) groups excluding carboxylic acids is 1. The van der Waals surface area contributed by atoms with Crippen LogP contribution in [0.15, 0.2) is 34.7 Å². The van der Waals surface area contributed by atoms with E-state index in [-0.39, 0.29) is 5.92 Å². The summed E-state index contributed by atoms with van der Waals surface area (Å²) < 4.78 is 5.79. The monoisotopic (exact) mass is 340 g/mol. The molecule has 2 aliphatic heterocycles. The van der Waals surface area contributed by atoms with Gasteiger partial charge < -0.3 is 9.32 Å². The van der Waals surface area contributed by atoms with Crippen LogP contribution >= 0.6 is 0 Å². The number of benzene rings is 1. The van der Waals surface area contributed by atoms with Crippen molar-refractivity contribution >= 4 is 5.91 Å². The maximum absolute atomic E-state index is 12.5. The van der Waals surface area contributed by atoms with Crippen molar-refractivity contribution in [2.24, 2.45) is 5.92 Å². The average Bonchev–Trinajstić information content (AvgIpc) is 3.35. The Labute approximate surface area is 147 Å². The molecule has 0 atom stereocenters. The van der Waals surface area contributed by atoms with E-state index in [0.29, 0.717) is 24.2 Å². The maximum atomic E-state index is 12.5. The van der Waals surface area contributed by atoms with Crippen LogP contribution in [0.4, 0.5) is 0 Å². The lowest BCUT2D eigenvalue weighted by molar-refractivity contribution is -0.136. The Morgan fingerprint density at radius 1 is 1.04 bits per heavy atom. The fourth-order valence-electron chi connectivity index (χ4n) is 3.74. The van der Waals surface area contributed by atoms with E-state index in [2.05, 4.69) is 15.1 Å². The van der Waals surface area contributed by atoms with Gasteiger partial charge in [-0.05, 0) is 50.9 Å².